The lowest BCUT2D eigenvalue weighted by molar-refractivity contribution is -0.479. The van der Waals surface area contributed by atoms with Crippen molar-refractivity contribution in [3.63, 3.8) is 0 Å². The zero-order valence-corrected chi connectivity index (χ0v) is 19.5. The summed E-state index contributed by atoms with van der Waals surface area (Å²) in [5.74, 6) is 0.843. The van der Waals surface area contributed by atoms with E-state index in [4.69, 9.17) is 4.74 Å². The summed E-state index contributed by atoms with van der Waals surface area (Å²) in [5, 5.41) is 20.1. The quantitative estimate of drug-likeness (QED) is 0.174. The third kappa shape index (κ3) is 5.60. The topological polar surface area (TPSA) is 83.1 Å². The maximum atomic E-state index is 13.5. The van der Waals surface area contributed by atoms with Gasteiger partial charge in [-0.15, -0.1) is 10.2 Å². The number of nitrogens with zero attached hydrogens (tertiary/aromatic N) is 4. The molecule has 0 N–H and O–H groups in total. The predicted molar refractivity (Wildman–Crippen MR) is 128 cm³/mol. The van der Waals surface area contributed by atoms with Crippen LogP contribution in [0.1, 0.15) is 27.8 Å². The van der Waals surface area contributed by atoms with Gasteiger partial charge in [-0.05, 0) is 55.3 Å². The van der Waals surface area contributed by atoms with Gasteiger partial charge in [0.2, 0.25) is 6.54 Å². The van der Waals surface area contributed by atoms with E-state index in [1.54, 1.807) is 24.3 Å². The molecule has 0 aliphatic heterocycles. The van der Waals surface area contributed by atoms with E-state index in [1.807, 2.05) is 54.8 Å². The van der Waals surface area contributed by atoms with Gasteiger partial charge in [0.25, 0.3) is 0 Å². The van der Waals surface area contributed by atoms with E-state index in [9.17, 15) is 14.5 Å². The van der Waals surface area contributed by atoms with Gasteiger partial charge in [0.05, 0.1) is 0 Å². The predicted octanol–water partition coefficient (Wildman–Crippen LogP) is 5.71. The molecule has 0 bridgehead atoms. The molecule has 1 atom stereocenters. The van der Waals surface area contributed by atoms with Crippen molar-refractivity contribution in [2.24, 2.45) is 0 Å². The fourth-order valence-electron chi connectivity index (χ4n) is 3.61. The van der Waals surface area contributed by atoms with Gasteiger partial charge >= 0.3 is 0 Å². The molecular formula is C25H23FN4O3S. The highest BCUT2D eigenvalue weighted by Gasteiger charge is 2.26. The molecule has 7 nitrogen and oxygen atoms in total. The van der Waals surface area contributed by atoms with Crippen molar-refractivity contribution in [2.45, 2.75) is 30.9 Å². The van der Waals surface area contributed by atoms with E-state index in [0.29, 0.717) is 27.9 Å². The van der Waals surface area contributed by atoms with Crippen molar-refractivity contribution in [1.29, 1.82) is 0 Å². The molecule has 0 radical (unpaired) electrons. The third-order valence-electron chi connectivity index (χ3n) is 5.17. The van der Waals surface area contributed by atoms with E-state index in [0.717, 1.165) is 11.3 Å². The van der Waals surface area contributed by atoms with Crippen molar-refractivity contribution >= 4 is 11.8 Å². The number of ether oxygens (including phenoxy) is 1. The molecule has 4 aromatic rings. The van der Waals surface area contributed by atoms with Crippen LogP contribution in [0.4, 0.5) is 4.39 Å². The maximum Gasteiger partial charge on any atom is 0.220 e. The van der Waals surface area contributed by atoms with Crippen LogP contribution < -0.4 is 4.74 Å². The number of aromatic nitrogens is 3. The molecule has 0 saturated carbocycles. The van der Waals surface area contributed by atoms with Crippen LogP contribution in [0.3, 0.4) is 0 Å². The zero-order valence-electron chi connectivity index (χ0n) is 18.7. The number of para-hydroxylation sites is 1. The molecule has 0 spiro atoms. The van der Waals surface area contributed by atoms with Crippen LogP contribution in [-0.2, 0) is 6.61 Å². The van der Waals surface area contributed by atoms with E-state index < -0.39 is 5.25 Å². The van der Waals surface area contributed by atoms with E-state index in [2.05, 4.69) is 10.2 Å². The number of thioether (sulfide) groups is 1. The summed E-state index contributed by atoms with van der Waals surface area (Å²) < 4.78 is 21.4. The van der Waals surface area contributed by atoms with E-state index in [1.165, 1.54) is 23.9 Å². The number of nitro groups is 1. The standard InChI is InChI=1S/C25H23FN4O3S/c1-17-7-5-10-21(13-17)30-18(2)27-28-25(30)34-24(15-29(31)32)22-11-3-4-12-23(22)33-16-19-8-6-9-20(26)14-19/h3-14,24H,15-16H2,1-2H3/t24-/m0/s1. The van der Waals surface area contributed by atoms with E-state index >= 15 is 0 Å². The zero-order chi connectivity index (χ0) is 24.1. The number of rotatable bonds is 9. The lowest BCUT2D eigenvalue weighted by atomic mass is 10.1. The van der Waals surface area contributed by atoms with E-state index in [-0.39, 0.29) is 23.9 Å². The molecule has 4 rings (SSSR count). The first-order valence-electron chi connectivity index (χ1n) is 10.6. The van der Waals surface area contributed by atoms with Gasteiger partial charge in [0.15, 0.2) is 5.16 Å². The molecule has 1 aromatic heterocycles. The van der Waals surface area contributed by atoms with Crippen LogP contribution in [0.15, 0.2) is 78.0 Å². The molecule has 0 saturated heterocycles. The molecule has 3 aromatic carbocycles. The van der Waals surface area contributed by atoms with Gasteiger partial charge in [-0.1, -0.05) is 54.2 Å². The lowest BCUT2D eigenvalue weighted by Crippen LogP contribution is -2.12. The number of halogens is 1. The monoisotopic (exact) mass is 478 g/mol. The Morgan fingerprint density at radius 3 is 2.62 bits per heavy atom. The van der Waals surface area contributed by atoms with Gasteiger partial charge < -0.3 is 4.74 Å². The van der Waals surface area contributed by atoms with Crippen LogP contribution in [0.2, 0.25) is 0 Å². The van der Waals surface area contributed by atoms with Gasteiger partial charge in [-0.2, -0.15) is 0 Å². The maximum absolute atomic E-state index is 13.5. The largest absolute Gasteiger partial charge is 0.489 e. The molecule has 34 heavy (non-hydrogen) atoms. The molecule has 0 aliphatic carbocycles. The van der Waals surface area contributed by atoms with Crippen molar-refractivity contribution in [3.05, 3.63) is 111 Å². The van der Waals surface area contributed by atoms with Crippen LogP contribution >= 0.6 is 11.8 Å². The minimum absolute atomic E-state index is 0.142. The van der Waals surface area contributed by atoms with Crippen molar-refractivity contribution in [1.82, 2.24) is 14.8 Å². The minimum atomic E-state index is -0.578. The average Bonchev–Trinajstić information content (AvgIpc) is 3.17. The second kappa shape index (κ2) is 10.5. The number of hydrogen-bond donors (Lipinski definition) is 0. The number of aryl methyl sites for hydroxylation is 2. The molecule has 0 aliphatic rings. The van der Waals surface area contributed by atoms with Crippen molar-refractivity contribution < 1.29 is 14.1 Å². The summed E-state index contributed by atoms with van der Waals surface area (Å²) in [5.41, 5.74) is 3.31. The fourth-order valence-corrected chi connectivity index (χ4v) is 4.81. The Kier molecular flexibility index (Phi) is 7.22. The first-order valence-corrected chi connectivity index (χ1v) is 11.5. The summed E-state index contributed by atoms with van der Waals surface area (Å²) in [7, 11) is 0. The summed E-state index contributed by atoms with van der Waals surface area (Å²) in [6, 6.07) is 21.2. The second-order valence-corrected chi connectivity index (χ2v) is 8.95. The summed E-state index contributed by atoms with van der Waals surface area (Å²) in [6.07, 6.45) is 0. The highest BCUT2D eigenvalue weighted by Crippen LogP contribution is 2.40. The Labute approximate surface area is 200 Å². The molecule has 9 heteroatoms. The lowest BCUT2D eigenvalue weighted by Gasteiger charge is -2.18. The molecule has 0 amide bonds. The number of benzene rings is 3. The van der Waals surface area contributed by atoms with Crippen LogP contribution in [0.25, 0.3) is 5.69 Å². The molecular weight excluding hydrogens is 455 g/mol. The SMILES string of the molecule is Cc1cccc(-n2c(C)nnc2S[C@@H](C[N+](=O)[O-])c2ccccc2OCc2cccc(F)c2)c1. The fraction of sp³-hybridized carbons (Fsp3) is 0.200. The molecule has 0 fully saturated rings. The number of hydrogen-bond acceptors (Lipinski definition) is 6. The summed E-state index contributed by atoms with van der Waals surface area (Å²) >= 11 is 1.26. The van der Waals surface area contributed by atoms with Gasteiger partial charge in [-0.3, -0.25) is 14.7 Å². The molecule has 174 valence electrons. The van der Waals surface area contributed by atoms with Crippen LogP contribution in [-0.4, -0.2) is 26.2 Å². The van der Waals surface area contributed by atoms with Crippen LogP contribution in [0, 0.1) is 29.8 Å². The Balaban J connectivity index is 1.65. The van der Waals surface area contributed by atoms with Crippen molar-refractivity contribution in [2.75, 3.05) is 6.54 Å². The van der Waals surface area contributed by atoms with Gasteiger partial charge in [0, 0.05) is 16.2 Å². The normalized spacial score (nSPS) is 11.9. The Hall–Kier alpha value is -3.72. The Morgan fingerprint density at radius 2 is 1.85 bits per heavy atom. The first kappa shape index (κ1) is 23.4. The Bertz CT molecular complexity index is 1310. The van der Waals surface area contributed by atoms with Gasteiger partial charge in [0.1, 0.15) is 29.2 Å². The molecule has 0 unspecified atom stereocenters. The van der Waals surface area contributed by atoms with Crippen LogP contribution in [0.5, 0.6) is 5.75 Å². The second-order valence-electron chi connectivity index (χ2n) is 7.78. The first-order chi connectivity index (χ1) is 16.4. The molecule has 1 heterocycles. The highest BCUT2D eigenvalue weighted by atomic mass is 32.2. The minimum Gasteiger partial charge on any atom is -0.489 e. The smallest absolute Gasteiger partial charge is 0.220 e. The Morgan fingerprint density at radius 1 is 1.06 bits per heavy atom. The van der Waals surface area contributed by atoms with Gasteiger partial charge in [-0.25, -0.2) is 4.39 Å². The highest BCUT2D eigenvalue weighted by molar-refractivity contribution is 7.99. The third-order valence-corrected chi connectivity index (χ3v) is 6.33. The summed E-state index contributed by atoms with van der Waals surface area (Å²) in [4.78, 5) is 11.2. The summed E-state index contributed by atoms with van der Waals surface area (Å²) in [6.45, 7) is 3.66. The average molecular weight is 479 g/mol. The van der Waals surface area contributed by atoms with Crippen molar-refractivity contribution in [3.8, 4) is 11.4 Å².